The van der Waals surface area contributed by atoms with Crippen molar-refractivity contribution in [3.8, 4) is 0 Å². The molecule has 4 heteroatoms. The lowest BCUT2D eigenvalue weighted by Crippen LogP contribution is -2.44. The molecule has 0 spiro atoms. The molecule has 3 nitrogen and oxygen atoms in total. The quantitative estimate of drug-likeness (QED) is 0.918. The van der Waals surface area contributed by atoms with Crippen molar-refractivity contribution in [1.82, 2.24) is 10.2 Å². The Kier molecular flexibility index (Phi) is 4.98. The molecule has 1 fully saturated rings. The van der Waals surface area contributed by atoms with E-state index in [0.717, 1.165) is 37.3 Å². The van der Waals surface area contributed by atoms with E-state index in [2.05, 4.69) is 57.5 Å². The van der Waals surface area contributed by atoms with Gasteiger partial charge in [0.15, 0.2) is 0 Å². The second-order valence-corrected chi connectivity index (χ2v) is 5.43. The maximum atomic E-state index is 5.69. The highest BCUT2D eigenvalue weighted by Gasteiger charge is 2.16. The van der Waals surface area contributed by atoms with Gasteiger partial charge in [0.1, 0.15) is 0 Å². The maximum Gasteiger partial charge on any atom is 0.0826 e. The van der Waals surface area contributed by atoms with Gasteiger partial charge in [-0.25, -0.2) is 0 Å². The van der Waals surface area contributed by atoms with Crippen LogP contribution in [-0.4, -0.2) is 44.3 Å². The second kappa shape index (κ2) is 6.50. The third-order valence-electron chi connectivity index (χ3n) is 2.96. The fraction of sp³-hybridized carbons (Fsp3) is 0.538. The van der Waals surface area contributed by atoms with E-state index in [1.54, 1.807) is 0 Å². The van der Waals surface area contributed by atoms with Gasteiger partial charge in [-0.3, -0.25) is 0 Å². The molecule has 1 aliphatic rings. The molecule has 1 aromatic carbocycles. The van der Waals surface area contributed by atoms with Gasteiger partial charge >= 0.3 is 0 Å². The Bertz CT molecular complexity index is 342. The number of hydrogen-bond acceptors (Lipinski definition) is 3. The maximum absolute atomic E-state index is 5.69. The smallest absolute Gasteiger partial charge is 0.0826 e. The van der Waals surface area contributed by atoms with Gasteiger partial charge in [-0.05, 0) is 24.7 Å². The van der Waals surface area contributed by atoms with E-state index in [1.165, 1.54) is 5.56 Å². The summed E-state index contributed by atoms with van der Waals surface area (Å²) in [6, 6.07) is 8.40. The number of nitrogens with zero attached hydrogens (tertiary/aromatic N) is 1. The predicted octanol–water partition coefficient (Wildman–Crippen LogP) is 1.87. The van der Waals surface area contributed by atoms with Crippen molar-refractivity contribution in [2.24, 2.45) is 0 Å². The molecule has 1 aromatic rings. The van der Waals surface area contributed by atoms with Crippen LogP contribution < -0.4 is 5.32 Å². The molecule has 0 saturated carbocycles. The van der Waals surface area contributed by atoms with E-state index >= 15 is 0 Å². The number of hydrogen-bond donors (Lipinski definition) is 1. The normalized spacial score (nSPS) is 21.6. The van der Waals surface area contributed by atoms with Crippen molar-refractivity contribution in [2.75, 3.05) is 33.3 Å². The Morgan fingerprint density at radius 1 is 1.41 bits per heavy atom. The Balaban J connectivity index is 1.70. The third kappa shape index (κ3) is 4.39. The standard InChI is InChI=1S/C13H19BrN2O/c1-16-6-7-17-13(10-16)9-15-8-11-2-4-12(14)5-3-11/h2-5,13,15H,6-10H2,1H3/t13-/m0/s1. The number of ether oxygens (including phenoxy) is 1. The van der Waals surface area contributed by atoms with E-state index in [-0.39, 0.29) is 0 Å². The summed E-state index contributed by atoms with van der Waals surface area (Å²) in [5.41, 5.74) is 1.30. The highest BCUT2D eigenvalue weighted by atomic mass is 79.9. The molecule has 0 aromatic heterocycles. The highest BCUT2D eigenvalue weighted by Crippen LogP contribution is 2.10. The van der Waals surface area contributed by atoms with Crippen LogP contribution >= 0.6 is 15.9 Å². The first-order valence-corrected chi connectivity index (χ1v) is 6.78. The molecule has 1 heterocycles. The zero-order chi connectivity index (χ0) is 12.1. The fourth-order valence-corrected chi connectivity index (χ4v) is 2.23. The Morgan fingerprint density at radius 3 is 2.88 bits per heavy atom. The topological polar surface area (TPSA) is 24.5 Å². The molecule has 1 saturated heterocycles. The first-order chi connectivity index (χ1) is 8.24. The first kappa shape index (κ1) is 13.0. The Hall–Kier alpha value is -0.420. The van der Waals surface area contributed by atoms with Crippen LogP contribution in [0, 0.1) is 0 Å². The lowest BCUT2D eigenvalue weighted by atomic mass is 10.2. The molecular weight excluding hydrogens is 280 g/mol. The second-order valence-electron chi connectivity index (χ2n) is 4.51. The van der Waals surface area contributed by atoms with Crippen LogP contribution in [0.3, 0.4) is 0 Å². The minimum atomic E-state index is 0.323. The van der Waals surface area contributed by atoms with E-state index < -0.39 is 0 Å². The van der Waals surface area contributed by atoms with E-state index in [0.29, 0.717) is 6.10 Å². The fourth-order valence-electron chi connectivity index (χ4n) is 1.97. The molecule has 0 radical (unpaired) electrons. The Morgan fingerprint density at radius 2 is 2.18 bits per heavy atom. The molecule has 94 valence electrons. The van der Waals surface area contributed by atoms with Crippen LogP contribution in [0.2, 0.25) is 0 Å². The van der Waals surface area contributed by atoms with Crippen molar-refractivity contribution in [2.45, 2.75) is 12.6 Å². The number of nitrogens with one attached hydrogen (secondary N) is 1. The van der Waals surface area contributed by atoms with E-state index in [9.17, 15) is 0 Å². The van der Waals surface area contributed by atoms with Crippen LogP contribution in [0.1, 0.15) is 5.56 Å². The van der Waals surface area contributed by atoms with Crippen molar-refractivity contribution in [3.05, 3.63) is 34.3 Å². The molecule has 1 atom stereocenters. The SMILES string of the molecule is CN1CCO[C@@H](CNCc2ccc(Br)cc2)C1. The summed E-state index contributed by atoms with van der Waals surface area (Å²) < 4.78 is 6.82. The number of halogens is 1. The average molecular weight is 299 g/mol. The van der Waals surface area contributed by atoms with Crippen molar-refractivity contribution in [3.63, 3.8) is 0 Å². The van der Waals surface area contributed by atoms with Crippen LogP contribution in [0.15, 0.2) is 28.7 Å². The molecule has 0 aliphatic carbocycles. The Labute approximate surface area is 111 Å². The molecule has 2 rings (SSSR count). The monoisotopic (exact) mass is 298 g/mol. The van der Waals surface area contributed by atoms with Crippen molar-refractivity contribution >= 4 is 15.9 Å². The van der Waals surface area contributed by atoms with Gasteiger partial charge in [-0.1, -0.05) is 28.1 Å². The van der Waals surface area contributed by atoms with Gasteiger partial charge in [-0.2, -0.15) is 0 Å². The molecule has 1 aliphatic heterocycles. The average Bonchev–Trinajstić information content (AvgIpc) is 2.32. The minimum Gasteiger partial charge on any atom is -0.374 e. The van der Waals surface area contributed by atoms with Crippen molar-refractivity contribution < 1.29 is 4.74 Å². The summed E-state index contributed by atoms with van der Waals surface area (Å²) in [5, 5.41) is 3.44. The summed E-state index contributed by atoms with van der Waals surface area (Å²) in [6.45, 7) is 4.73. The highest BCUT2D eigenvalue weighted by molar-refractivity contribution is 9.10. The zero-order valence-electron chi connectivity index (χ0n) is 10.2. The van der Waals surface area contributed by atoms with Crippen LogP contribution in [-0.2, 0) is 11.3 Å². The molecule has 0 amide bonds. The molecular formula is C13H19BrN2O. The lowest BCUT2D eigenvalue weighted by Gasteiger charge is -2.30. The summed E-state index contributed by atoms with van der Waals surface area (Å²) in [7, 11) is 2.14. The van der Waals surface area contributed by atoms with Gasteiger partial charge in [0.2, 0.25) is 0 Å². The molecule has 0 bridgehead atoms. The number of rotatable bonds is 4. The third-order valence-corrected chi connectivity index (χ3v) is 3.48. The summed E-state index contributed by atoms with van der Waals surface area (Å²) in [6.07, 6.45) is 0.323. The van der Waals surface area contributed by atoms with Gasteiger partial charge in [-0.15, -0.1) is 0 Å². The van der Waals surface area contributed by atoms with Crippen LogP contribution in [0.5, 0.6) is 0 Å². The summed E-state index contributed by atoms with van der Waals surface area (Å²) in [5.74, 6) is 0. The zero-order valence-corrected chi connectivity index (χ0v) is 11.7. The largest absolute Gasteiger partial charge is 0.374 e. The van der Waals surface area contributed by atoms with E-state index in [4.69, 9.17) is 4.74 Å². The number of benzene rings is 1. The predicted molar refractivity (Wildman–Crippen MR) is 73.1 cm³/mol. The number of morpholine rings is 1. The summed E-state index contributed by atoms with van der Waals surface area (Å²) in [4.78, 5) is 2.31. The van der Waals surface area contributed by atoms with Gasteiger partial charge in [0, 0.05) is 30.7 Å². The molecule has 0 unspecified atom stereocenters. The minimum absolute atomic E-state index is 0.323. The summed E-state index contributed by atoms with van der Waals surface area (Å²) >= 11 is 3.44. The first-order valence-electron chi connectivity index (χ1n) is 5.99. The van der Waals surface area contributed by atoms with Crippen LogP contribution in [0.4, 0.5) is 0 Å². The van der Waals surface area contributed by atoms with E-state index in [1.807, 2.05) is 0 Å². The van der Waals surface area contributed by atoms with Crippen molar-refractivity contribution in [1.29, 1.82) is 0 Å². The molecule has 17 heavy (non-hydrogen) atoms. The van der Waals surface area contributed by atoms with Gasteiger partial charge in [0.25, 0.3) is 0 Å². The molecule has 1 N–H and O–H groups in total. The lowest BCUT2D eigenvalue weighted by molar-refractivity contribution is -0.0182. The van der Waals surface area contributed by atoms with Crippen LogP contribution in [0.25, 0.3) is 0 Å². The van der Waals surface area contributed by atoms with Gasteiger partial charge in [0.05, 0.1) is 12.7 Å². The number of likely N-dealkylation sites (N-methyl/N-ethyl adjacent to an activating group) is 1. The van der Waals surface area contributed by atoms with Gasteiger partial charge < -0.3 is 15.0 Å².